The summed E-state index contributed by atoms with van der Waals surface area (Å²) in [6.45, 7) is 1.96. The normalized spacial score (nSPS) is 18.9. The summed E-state index contributed by atoms with van der Waals surface area (Å²) in [7, 11) is 0. The van der Waals surface area contributed by atoms with E-state index in [9.17, 15) is 0 Å². The van der Waals surface area contributed by atoms with Gasteiger partial charge in [-0.15, -0.1) is 0 Å². The van der Waals surface area contributed by atoms with Crippen LogP contribution in [0.25, 0.3) is 0 Å². The number of anilines is 1. The van der Waals surface area contributed by atoms with Gasteiger partial charge in [-0.3, -0.25) is 0 Å². The molecule has 3 nitrogen and oxygen atoms in total. The van der Waals surface area contributed by atoms with Crippen molar-refractivity contribution in [1.82, 2.24) is 5.43 Å². The lowest BCUT2D eigenvalue weighted by atomic mass is 10.0. The first-order chi connectivity index (χ1) is 6.61. The molecule has 1 unspecified atom stereocenters. The molecular formula is C9H10ClN3S. The number of thiocarbonyl (C=S) groups is 1. The molecule has 0 radical (unpaired) electrons. The molecule has 0 saturated carbocycles. The first kappa shape index (κ1) is 9.71. The molecule has 5 heteroatoms. The Morgan fingerprint density at radius 2 is 2.29 bits per heavy atom. The van der Waals surface area contributed by atoms with E-state index in [1.807, 2.05) is 19.1 Å². The number of nitrogens with one attached hydrogen (secondary N) is 2. The van der Waals surface area contributed by atoms with E-state index in [4.69, 9.17) is 29.6 Å². The van der Waals surface area contributed by atoms with Gasteiger partial charge in [-0.1, -0.05) is 29.9 Å². The number of fused-ring (bicyclic) bond motifs is 1. The zero-order chi connectivity index (χ0) is 10.3. The lowest BCUT2D eigenvalue weighted by Gasteiger charge is -2.08. The van der Waals surface area contributed by atoms with Crippen LogP contribution in [-0.4, -0.2) is 4.99 Å². The summed E-state index contributed by atoms with van der Waals surface area (Å²) in [6.07, 6.45) is 0. The third kappa shape index (κ3) is 1.35. The number of hydrazine groups is 1. The van der Waals surface area contributed by atoms with Crippen LogP contribution in [-0.2, 0) is 0 Å². The zero-order valence-corrected chi connectivity index (χ0v) is 9.17. The Kier molecular flexibility index (Phi) is 2.34. The lowest BCUT2D eigenvalue weighted by molar-refractivity contribution is 0.793. The van der Waals surface area contributed by atoms with E-state index < -0.39 is 0 Å². The molecule has 1 aliphatic rings. The number of nitrogens with two attached hydrogens (primary N) is 1. The monoisotopic (exact) mass is 227 g/mol. The van der Waals surface area contributed by atoms with Gasteiger partial charge in [0.2, 0.25) is 0 Å². The molecule has 1 heterocycles. The molecule has 2 rings (SSSR count). The van der Waals surface area contributed by atoms with Crippen LogP contribution in [0, 0.1) is 6.92 Å². The molecule has 0 bridgehead atoms. The fourth-order valence-electron chi connectivity index (χ4n) is 1.56. The minimum Gasteiger partial charge on any atom is -0.392 e. The van der Waals surface area contributed by atoms with Crippen LogP contribution >= 0.6 is 23.8 Å². The summed E-state index contributed by atoms with van der Waals surface area (Å²) in [5.74, 6) is 0. The minimum absolute atomic E-state index is 0.101. The topological polar surface area (TPSA) is 50.1 Å². The Bertz CT molecular complexity index is 405. The number of rotatable bonds is 1. The Morgan fingerprint density at radius 3 is 2.93 bits per heavy atom. The highest BCUT2D eigenvalue weighted by molar-refractivity contribution is 7.80. The van der Waals surface area contributed by atoms with Crippen LogP contribution in [0.3, 0.4) is 0 Å². The van der Waals surface area contributed by atoms with E-state index >= 15 is 0 Å². The van der Waals surface area contributed by atoms with Gasteiger partial charge in [-0.2, -0.15) is 0 Å². The van der Waals surface area contributed by atoms with E-state index in [1.54, 1.807) is 0 Å². The van der Waals surface area contributed by atoms with E-state index in [0.717, 1.165) is 21.8 Å². The van der Waals surface area contributed by atoms with Gasteiger partial charge in [0.25, 0.3) is 0 Å². The maximum atomic E-state index is 5.99. The van der Waals surface area contributed by atoms with Gasteiger partial charge in [-0.05, 0) is 18.6 Å². The second-order valence-electron chi connectivity index (χ2n) is 3.24. The second-order valence-corrected chi connectivity index (χ2v) is 4.12. The van der Waals surface area contributed by atoms with Crippen LogP contribution in [0.5, 0.6) is 0 Å². The van der Waals surface area contributed by atoms with Crippen molar-refractivity contribution in [3.8, 4) is 0 Å². The number of halogens is 1. The average molecular weight is 228 g/mol. The first-order valence-corrected chi connectivity index (χ1v) is 4.99. The molecule has 0 aliphatic carbocycles. The van der Waals surface area contributed by atoms with Crippen molar-refractivity contribution < 1.29 is 0 Å². The maximum absolute atomic E-state index is 5.99. The fraction of sp³-hybridized carbons (Fsp3) is 0.222. The van der Waals surface area contributed by atoms with E-state index in [1.165, 1.54) is 0 Å². The number of benzene rings is 1. The molecule has 1 atom stereocenters. The summed E-state index contributed by atoms with van der Waals surface area (Å²) in [4.78, 5) is 0.429. The molecule has 1 aliphatic heterocycles. The van der Waals surface area contributed by atoms with Crippen molar-refractivity contribution in [3.63, 3.8) is 0 Å². The van der Waals surface area contributed by atoms with Crippen molar-refractivity contribution in [2.45, 2.75) is 13.0 Å². The van der Waals surface area contributed by atoms with Crippen molar-refractivity contribution in [2.75, 3.05) is 5.43 Å². The summed E-state index contributed by atoms with van der Waals surface area (Å²) < 4.78 is 0. The van der Waals surface area contributed by atoms with E-state index in [-0.39, 0.29) is 6.04 Å². The number of hydrogen-bond donors (Lipinski definition) is 3. The molecule has 0 aromatic heterocycles. The highest BCUT2D eigenvalue weighted by Gasteiger charge is 2.25. The van der Waals surface area contributed by atoms with Crippen LogP contribution in [0.1, 0.15) is 17.2 Å². The Hall–Kier alpha value is -0.840. The fourth-order valence-corrected chi connectivity index (χ4v) is 1.90. The smallest absolute Gasteiger partial charge is 0.103 e. The van der Waals surface area contributed by atoms with Gasteiger partial charge < -0.3 is 11.2 Å². The first-order valence-electron chi connectivity index (χ1n) is 4.21. The lowest BCUT2D eigenvalue weighted by Crippen LogP contribution is -2.29. The molecule has 0 amide bonds. The predicted octanol–water partition coefficient (Wildman–Crippen LogP) is 1.91. The van der Waals surface area contributed by atoms with Gasteiger partial charge in [-0.25, -0.2) is 5.43 Å². The zero-order valence-electron chi connectivity index (χ0n) is 7.60. The van der Waals surface area contributed by atoms with Crippen molar-refractivity contribution in [1.29, 1.82) is 0 Å². The molecule has 0 spiro atoms. The van der Waals surface area contributed by atoms with Gasteiger partial charge in [0, 0.05) is 10.6 Å². The summed E-state index contributed by atoms with van der Waals surface area (Å²) >= 11 is 10.9. The molecule has 0 saturated heterocycles. The Morgan fingerprint density at radius 1 is 1.57 bits per heavy atom. The van der Waals surface area contributed by atoms with Crippen molar-refractivity contribution >= 4 is 34.5 Å². The van der Waals surface area contributed by atoms with E-state index in [0.29, 0.717) is 4.99 Å². The maximum Gasteiger partial charge on any atom is 0.103 e. The summed E-state index contributed by atoms with van der Waals surface area (Å²) in [6, 6.07) is 3.69. The van der Waals surface area contributed by atoms with Gasteiger partial charge >= 0.3 is 0 Å². The van der Waals surface area contributed by atoms with Gasteiger partial charge in [0.05, 0.1) is 10.7 Å². The molecule has 4 N–H and O–H groups in total. The molecule has 1 aromatic rings. The Balaban J connectivity index is 2.53. The summed E-state index contributed by atoms with van der Waals surface area (Å²) in [5, 5.41) is 0.738. The predicted molar refractivity (Wildman–Crippen MR) is 62.5 cm³/mol. The standard InChI is InChI=1S/C9H10ClN3S/c1-4-6(10)3-2-5-7(4)12-13-8(5)9(11)14/h2-3,8,12-13H,1H3,(H2,11,14). The van der Waals surface area contributed by atoms with Gasteiger partial charge in [0.1, 0.15) is 6.04 Å². The van der Waals surface area contributed by atoms with Crippen LogP contribution in [0.4, 0.5) is 5.69 Å². The molecule has 14 heavy (non-hydrogen) atoms. The van der Waals surface area contributed by atoms with Crippen LogP contribution < -0.4 is 16.6 Å². The molecule has 1 aromatic carbocycles. The Labute approximate surface area is 92.6 Å². The van der Waals surface area contributed by atoms with Crippen LogP contribution in [0.15, 0.2) is 12.1 Å². The summed E-state index contributed by atoms with van der Waals surface area (Å²) in [5.41, 5.74) is 14.7. The largest absolute Gasteiger partial charge is 0.392 e. The highest BCUT2D eigenvalue weighted by atomic mass is 35.5. The quantitative estimate of drug-likeness (QED) is 0.642. The number of hydrogen-bond acceptors (Lipinski definition) is 3. The minimum atomic E-state index is -0.101. The molecule has 74 valence electrons. The van der Waals surface area contributed by atoms with Crippen LogP contribution in [0.2, 0.25) is 5.02 Å². The third-order valence-corrected chi connectivity index (χ3v) is 3.01. The molecule has 0 fully saturated rings. The van der Waals surface area contributed by atoms with Crippen molar-refractivity contribution in [3.05, 3.63) is 28.3 Å². The van der Waals surface area contributed by atoms with Crippen molar-refractivity contribution in [2.24, 2.45) is 5.73 Å². The van der Waals surface area contributed by atoms with Gasteiger partial charge in [0.15, 0.2) is 0 Å². The van der Waals surface area contributed by atoms with E-state index in [2.05, 4.69) is 10.9 Å². The average Bonchev–Trinajstić information content (AvgIpc) is 2.55. The highest BCUT2D eigenvalue weighted by Crippen LogP contribution is 2.34. The molecular weight excluding hydrogens is 218 g/mol. The second kappa shape index (κ2) is 3.38. The SMILES string of the molecule is Cc1c(Cl)ccc2c1NNC2C(N)=S. The third-order valence-electron chi connectivity index (χ3n) is 2.37.